The molecular weight excluding hydrogens is 362 g/mol. The Labute approximate surface area is 149 Å². The van der Waals surface area contributed by atoms with Crippen LogP contribution in [0.15, 0.2) is 44.8 Å². The molecular formula is C16H11N3O4S2. The van der Waals surface area contributed by atoms with Crippen LogP contribution in [0.3, 0.4) is 0 Å². The summed E-state index contributed by atoms with van der Waals surface area (Å²) in [4.78, 5) is 22.4. The Kier molecular flexibility index (Phi) is 4.16. The summed E-state index contributed by atoms with van der Waals surface area (Å²) in [7, 11) is 0. The summed E-state index contributed by atoms with van der Waals surface area (Å²) in [5.74, 6) is 0.786. The van der Waals surface area contributed by atoms with E-state index in [-0.39, 0.29) is 18.2 Å². The van der Waals surface area contributed by atoms with Crippen LogP contribution in [-0.4, -0.2) is 21.1 Å². The van der Waals surface area contributed by atoms with Gasteiger partial charge in [0.05, 0.1) is 11.1 Å². The monoisotopic (exact) mass is 373 g/mol. The first-order valence-corrected chi connectivity index (χ1v) is 8.95. The van der Waals surface area contributed by atoms with E-state index in [1.165, 1.54) is 22.7 Å². The fourth-order valence-corrected chi connectivity index (χ4v) is 3.63. The predicted octanol–water partition coefficient (Wildman–Crippen LogP) is 4.18. The smallest absolute Gasteiger partial charge is 0.358 e. The van der Waals surface area contributed by atoms with Gasteiger partial charge in [-0.2, -0.15) is 4.98 Å². The number of ether oxygens (including phenoxy) is 1. The highest BCUT2D eigenvalue weighted by atomic mass is 32.1. The van der Waals surface area contributed by atoms with E-state index in [0.29, 0.717) is 16.6 Å². The predicted molar refractivity (Wildman–Crippen MR) is 91.3 cm³/mol. The minimum Gasteiger partial charge on any atom is -0.462 e. The van der Waals surface area contributed by atoms with Crippen molar-refractivity contribution in [2.45, 2.75) is 13.5 Å². The zero-order valence-electron chi connectivity index (χ0n) is 13.0. The fraction of sp³-hybridized carbons (Fsp3) is 0.125. The molecule has 0 amide bonds. The van der Waals surface area contributed by atoms with Gasteiger partial charge in [-0.3, -0.25) is 0 Å². The molecule has 7 nitrogen and oxygen atoms in total. The zero-order valence-corrected chi connectivity index (χ0v) is 14.6. The van der Waals surface area contributed by atoms with E-state index in [0.717, 1.165) is 9.75 Å². The van der Waals surface area contributed by atoms with Crippen LogP contribution in [0.25, 0.3) is 21.5 Å². The molecule has 126 valence electrons. The van der Waals surface area contributed by atoms with Crippen molar-refractivity contribution in [2.24, 2.45) is 0 Å². The summed E-state index contributed by atoms with van der Waals surface area (Å²) >= 11 is 2.87. The van der Waals surface area contributed by atoms with E-state index in [1.807, 2.05) is 24.4 Å². The molecule has 0 atom stereocenters. The van der Waals surface area contributed by atoms with Gasteiger partial charge in [0.2, 0.25) is 5.82 Å². The molecule has 4 aromatic rings. The largest absolute Gasteiger partial charge is 0.462 e. The van der Waals surface area contributed by atoms with Gasteiger partial charge in [0.25, 0.3) is 5.89 Å². The average Bonchev–Trinajstić information content (AvgIpc) is 3.38. The molecule has 4 aromatic heterocycles. The van der Waals surface area contributed by atoms with Gasteiger partial charge in [0, 0.05) is 4.88 Å². The topological polar surface area (TPSA) is 91.2 Å². The van der Waals surface area contributed by atoms with Crippen molar-refractivity contribution < 1.29 is 18.5 Å². The van der Waals surface area contributed by atoms with E-state index in [9.17, 15) is 4.79 Å². The van der Waals surface area contributed by atoms with E-state index in [1.54, 1.807) is 18.4 Å². The molecule has 0 aromatic carbocycles. The van der Waals surface area contributed by atoms with Gasteiger partial charge in [-0.25, -0.2) is 9.78 Å². The first-order valence-electron chi connectivity index (χ1n) is 7.25. The molecule has 0 aliphatic rings. The third-order valence-corrected chi connectivity index (χ3v) is 5.11. The summed E-state index contributed by atoms with van der Waals surface area (Å²) in [6.45, 7) is 1.70. The second-order valence-electron chi connectivity index (χ2n) is 4.97. The fourth-order valence-electron chi connectivity index (χ4n) is 2.11. The molecule has 4 rings (SSSR count). The number of rotatable bonds is 5. The number of nitrogens with zero attached hydrogens (tertiary/aromatic N) is 3. The molecule has 0 bridgehead atoms. The van der Waals surface area contributed by atoms with Crippen LogP contribution >= 0.6 is 22.7 Å². The number of carbonyl (C=O) groups is 1. The summed E-state index contributed by atoms with van der Waals surface area (Å²) < 4.78 is 15.6. The molecule has 0 aliphatic heterocycles. The van der Waals surface area contributed by atoms with Crippen LogP contribution in [0.4, 0.5) is 0 Å². The highest BCUT2D eigenvalue weighted by Gasteiger charge is 2.20. The van der Waals surface area contributed by atoms with Crippen molar-refractivity contribution in [1.29, 1.82) is 0 Å². The van der Waals surface area contributed by atoms with Crippen LogP contribution in [0.1, 0.15) is 21.3 Å². The number of furan rings is 1. The number of hydrogen-bond acceptors (Lipinski definition) is 9. The molecule has 0 unspecified atom stereocenters. The lowest BCUT2D eigenvalue weighted by Crippen LogP contribution is -2.07. The normalized spacial score (nSPS) is 10.9. The first-order chi connectivity index (χ1) is 12.2. The summed E-state index contributed by atoms with van der Waals surface area (Å²) in [6, 6.07) is 7.35. The molecule has 9 heteroatoms. The number of esters is 1. The van der Waals surface area contributed by atoms with Crippen molar-refractivity contribution in [3.05, 3.63) is 52.4 Å². The maximum atomic E-state index is 12.3. The number of carbonyl (C=O) groups excluding carboxylic acids is 1. The van der Waals surface area contributed by atoms with Crippen LogP contribution in [0.5, 0.6) is 0 Å². The zero-order chi connectivity index (χ0) is 17.2. The van der Waals surface area contributed by atoms with Gasteiger partial charge < -0.3 is 13.7 Å². The average molecular weight is 373 g/mol. The third-order valence-electron chi connectivity index (χ3n) is 3.26. The van der Waals surface area contributed by atoms with Gasteiger partial charge in [0.15, 0.2) is 23.1 Å². The van der Waals surface area contributed by atoms with Crippen LogP contribution in [-0.2, 0) is 11.3 Å². The Balaban J connectivity index is 1.44. The number of aromatic nitrogens is 3. The molecule has 0 aliphatic carbocycles. The Morgan fingerprint density at radius 3 is 2.96 bits per heavy atom. The molecule has 0 spiro atoms. The quantitative estimate of drug-likeness (QED) is 0.485. The van der Waals surface area contributed by atoms with Crippen molar-refractivity contribution >= 4 is 28.6 Å². The van der Waals surface area contributed by atoms with Crippen LogP contribution in [0, 0.1) is 6.92 Å². The van der Waals surface area contributed by atoms with E-state index in [4.69, 9.17) is 13.7 Å². The minimum absolute atomic E-state index is 0.107. The standard InChI is InChI=1S/C16H11N3O4S2/c1-9-13(18-15(25-9)10-4-2-6-21-10)16(20)22-8-12-17-14(19-23-12)11-5-3-7-24-11/h2-7H,8H2,1H3. The SMILES string of the molecule is Cc1sc(-c2ccco2)nc1C(=O)OCc1nc(-c2cccs2)no1. The summed E-state index contributed by atoms with van der Waals surface area (Å²) in [6.07, 6.45) is 1.56. The lowest BCUT2D eigenvalue weighted by atomic mass is 10.4. The Morgan fingerprint density at radius 2 is 2.20 bits per heavy atom. The molecule has 0 saturated carbocycles. The van der Waals surface area contributed by atoms with Gasteiger partial charge in [-0.1, -0.05) is 11.2 Å². The second kappa shape index (κ2) is 6.61. The third kappa shape index (κ3) is 3.24. The highest BCUT2D eigenvalue weighted by molar-refractivity contribution is 7.15. The van der Waals surface area contributed by atoms with Crippen molar-refractivity contribution in [1.82, 2.24) is 15.1 Å². The van der Waals surface area contributed by atoms with Gasteiger partial charge in [-0.15, -0.1) is 22.7 Å². The Hall–Kier alpha value is -2.78. The van der Waals surface area contributed by atoms with Crippen LogP contribution in [0.2, 0.25) is 0 Å². The maximum Gasteiger partial charge on any atom is 0.358 e. The first kappa shape index (κ1) is 15.7. The van der Waals surface area contributed by atoms with Crippen molar-refractivity contribution in [3.63, 3.8) is 0 Å². The summed E-state index contributed by atoms with van der Waals surface area (Å²) in [5.41, 5.74) is 0.259. The lowest BCUT2D eigenvalue weighted by Gasteiger charge is -1.99. The Morgan fingerprint density at radius 1 is 1.28 bits per heavy atom. The van der Waals surface area contributed by atoms with E-state index < -0.39 is 5.97 Å². The molecule has 0 fully saturated rings. The van der Waals surface area contributed by atoms with Gasteiger partial charge in [0.1, 0.15) is 0 Å². The van der Waals surface area contributed by atoms with Crippen molar-refractivity contribution in [3.8, 4) is 21.5 Å². The molecule has 4 heterocycles. The molecule has 0 N–H and O–H groups in total. The maximum absolute atomic E-state index is 12.3. The van der Waals surface area contributed by atoms with Crippen molar-refractivity contribution in [2.75, 3.05) is 0 Å². The number of hydrogen-bond donors (Lipinski definition) is 0. The molecule has 0 radical (unpaired) electrons. The number of thiazole rings is 1. The second-order valence-corrected chi connectivity index (χ2v) is 7.12. The minimum atomic E-state index is -0.539. The van der Waals surface area contributed by atoms with Crippen LogP contribution < -0.4 is 0 Å². The van der Waals surface area contributed by atoms with E-state index in [2.05, 4.69) is 15.1 Å². The van der Waals surface area contributed by atoms with Gasteiger partial charge >= 0.3 is 5.97 Å². The summed E-state index contributed by atoms with van der Waals surface area (Å²) in [5, 5.41) is 6.43. The Bertz CT molecular complexity index is 987. The van der Waals surface area contributed by atoms with Gasteiger partial charge in [-0.05, 0) is 30.5 Å². The van der Waals surface area contributed by atoms with E-state index >= 15 is 0 Å². The molecule has 0 saturated heterocycles. The lowest BCUT2D eigenvalue weighted by molar-refractivity contribution is 0.0423. The molecule has 25 heavy (non-hydrogen) atoms. The number of thiophene rings is 1. The number of aryl methyl sites for hydroxylation is 1. The highest BCUT2D eigenvalue weighted by Crippen LogP contribution is 2.28.